The molecule has 1 aromatic carbocycles. The summed E-state index contributed by atoms with van der Waals surface area (Å²) in [6.07, 6.45) is 0.920. The minimum absolute atomic E-state index is 0.0302. The first-order valence-electron chi connectivity index (χ1n) is 4.86. The van der Waals surface area contributed by atoms with E-state index >= 15 is 0 Å². The Bertz CT molecular complexity index is 428. The van der Waals surface area contributed by atoms with E-state index in [1.54, 1.807) is 0 Å². The van der Waals surface area contributed by atoms with Crippen LogP contribution in [-0.2, 0) is 5.60 Å². The average molecular weight is 230 g/mol. The third kappa shape index (κ3) is 1.51. The topological polar surface area (TPSA) is 38.7 Å². The minimum Gasteiger partial charge on any atom is -0.494 e. The first-order chi connectivity index (χ1) is 7.53. The van der Waals surface area contributed by atoms with Crippen molar-refractivity contribution in [2.75, 3.05) is 14.2 Å². The highest BCUT2D eigenvalue weighted by Gasteiger charge is 2.45. The average Bonchev–Trinajstić information content (AvgIpc) is 2.98. The lowest BCUT2D eigenvalue weighted by Crippen LogP contribution is -2.10. The van der Waals surface area contributed by atoms with E-state index in [1.165, 1.54) is 20.3 Å². The molecular weight excluding hydrogens is 218 g/mol. The summed E-state index contributed by atoms with van der Waals surface area (Å²) < 4.78 is 36.8. The molecule has 1 fully saturated rings. The molecule has 0 atom stereocenters. The molecule has 1 aliphatic carbocycles. The molecule has 0 amide bonds. The predicted octanol–water partition coefficient (Wildman–Crippen LogP) is 1.96. The Balaban J connectivity index is 2.62. The molecule has 0 radical (unpaired) electrons. The van der Waals surface area contributed by atoms with Crippen LogP contribution in [0.5, 0.6) is 11.5 Å². The highest BCUT2D eigenvalue weighted by molar-refractivity contribution is 5.45. The van der Waals surface area contributed by atoms with Crippen LogP contribution in [0.4, 0.5) is 8.78 Å². The van der Waals surface area contributed by atoms with Gasteiger partial charge in [-0.15, -0.1) is 0 Å². The lowest BCUT2D eigenvalue weighted by Gasteiger charge is -2.15. The fourth-order valence-electron chi connectivity index (χ4n) is 1.64. The van der Waals surface area contributed by atoms with Gasteiger partial charge in [0.1, 0.15) is 0 Å². The maximum atomic E-state index is 13.8. The largest absolute Gasteiger partial charge is 0.494 e. The molecule has 3 nitrogen and oxygen atoms in total. The maximum absolute atomic E-state index is 13.8. The van der Waals surface area contributed by atoms with Crippen LogP contribution in [0, 0.1) is 11.6 Å². The van der Waals surface area contributed by atoms with Crippen LogP contribution in [0.1, 0.15) is 18.4 Å². The molecular formula is C11H12F2O3. The van der Waals surface area contributed by atoms with Crippen molar-refractivity contribution in [1.29, 1.82) is 0 Å². The van der Waals surface area contributed by atoms with Crippen LogP contribution < -0.4 is 9.47 Å². The van der Waals surface area contributed by atoms with E-state index in [4.69, 9.17) is 4.74 Å². The van der Waals surface area contributed by atoms with Gasteiger partial charge in [-0.05, 0) is 18.9 Å². The fraction of sp³-hybridized carbons (Fsp3) is 0.455. The van der Waals surface area contributed by atoms with Gasteiger partial charge >= 0.3 is 0 Å². The molecule has 0 saturated heterocycles. The van der Waals surface area contributed by atoms with E-state index in [2.05, 4.69) is 4.74 Å². The standard InChI is InChI=1S/C11H12F2O3/c1-15-7-5-6(11(14)3-4-11)8(12)10(16-2)9(7)13/h5,14H,3-4H2,1-2H3. The summed E-state index contributed by atoms with van der Waals surface area (Å²) >= 11 is 0. The number of rotatable bonds is 3. The third-order valence-electron chi connectivity index (χ3n) is 2.78. The number of methoxy groups -OCH3 is 2. The van der Waals surface area contributed by atoms with E-state index in [9.17, 15) is 13.9 Å². The van der Waals surface area contributed by atoms with Crippen molar-refractivity contribution in [3.05, 3.63) is 23.3 Å². The Morgan fingerprint density at radius 3 is 2.25 bits per heavy atom. The summed E-state index contributed by atoms with van der Waals surface area (Å²) in [7, 11) is 2.44. The van der Waals surface area contributed by atoms with E-state index in [0.717, 1.165) is 0 Å². The summed E-state index contributed by atoms with van der Waals surface area (Å²) in [5, 5.41) is 9.84. The number of ether oxygens (including phenoxy) is 2. The number of hydrogen-bond donors (Lipinski definition) is 1. The quantitative estimate of drug-likeness (QED) is 0.862. The van der Waals surface area contributed by atoms with Gasteiger partial charge in [-0.25, -0.2) is 4.39 Å². The number of aliphatic hydroxyl groups is 1. The van der Waals surface area contributed by atoms with Crippen molar-refractivity contribution in [1.82, 2.24) is 0 Å². The first-order valence-corrected chi connectivity index (χ1v) is 4.86. The first kappa shape index (κ1) is 11.1. The van der Waals surface area contributed by atoms with E-state index in [-0.39, 0.29) is 11.3 Å². The summed E-state index contributed by atoms with van der Waals surface area (Å²) in [6.45, 7) is 0. The molecule has 0 heterocycles. The zero-order valence-corrected chi connectivity index (χ0v) is 9.01. The van der Waals surface area contributed by atoms with Crippen molar-refractivity contribution in [3.63, 3.8) is 0 Å². The Hall–Kier alpha value is -1.36. The summed E-state index contributed by atoms with van der Waals surface area (Å²) in [5.74, 6) is -2.40. The van der Waals surface area contributed by atoms with Crippen LogP contribution in [-0.4, -0.2) is 19.3 Å². The molecule has 0 spiro atoms. The molecule has 5 heteroatoms. The second-order valence-corrected chi connectivity index (χ2v) is 3.82. The monoisotopic (exact) mass is 230 g/mol. The Labute approximate surface area is 91.6 Å². The van der Waals surface area contributed by atoms with Crippen molar-refractivity contribution in [2.45, 2.75) is 18.4 Å². The lowest BCUT2D eigenvalue weighted by molar-refractivity contribution is 0.144. The number of halogens is 2. The van der Waals surface area contributed by atoms with E-state index in [1.807, 2.05) is 0 Å². The molecule has 1 aliphatic rings. The van der Waals surface area contributed by atoms with Gasteiger partial charge in [0.25, 0.3) is 0 Å². The van der Waals surface area contributed by atoms with Crippen molar-refractivity contribution < 1.29 is 23.4 Å². The molecule has 0 aliphatic heterocycles. The molecule has 0 bridgehead atoms. The van der Waals surface area contributed by atoms with Gasteiger partial charge in [-0.1, -0.05) is 0 Å². The molecule has 1 saturated carbocycles. The molecule has 0 aromatic heterocycles. The molecule has 1 N–H and O–H groups in total. The zero-order valence-electron chi connectivity index (χ0n) is 9.01. The van der Waals surface area contributed by atoms with Gasteiger partial charge in [-0.3, -0.25) is 0 Å². The molecule has 1 aromatic rings. The van der Waals surface area contributed by atoms with Crippen LogP contribution >= 0.6 is 0 Å². The van der Waals surface area contributed by atoms with Crippen molar-refractivity contribution >= 4 is 0 Å². The van der Waals surface area contributed by atoms with Gasteiger partial charge in [0.15, 0.2) is 17.3 Å². The third-order valence-corrected chi connectivity index (χ3v) is 2.78. The van der Waals surface area contributed by atoms with Gasteiger partial charge < -0.3 is 14.6 Å². The number of benzene rings is 1. The van der Waals surface area contributed by atoms with E-state index < -0.39 is 23.0 Å². The van der Waals surface area contributed by atoms with Gasteiger partial charge in [-0.2, -0.15) is 4.39 Å². The molecule has 16 heavy (non-hydrogen) atoms. The summed E-state index contributed by atoms with van der Waals surface area (Å²) in [4.78, 5) is 0. The zero-order chi connectivity index (χ0) is 11.9. The molecule has 88 valence electrons. The van der Waals surface area contributed by atoms with Gasteiger partial charge in [0.2, 0.25) is 5.82 Å². The minimum atomic E-state index is -1.20. The maximum Gasteiger partial charge on any atom is 0.209 e. The Kier molecular flexibility index (Phi) is 2.50. The Morgan fingerprint density at radius 2 is 1.81 bits per heavy atom. The smallest absolute Gasteiger partial charge is 0.209 e. The van der Waals surface area contributed by atoms with Crippen LogP contribution in [0.2, 0.25) is 0 Å². The predicted molar refractivity (Wildman–Crippen MR) is 52.6 cm³/mol. The fourth-order valence-corrected chi connectivity index (χ4v) is 1.64. The number of hydrogen-bond acceptors (Lipinski definition) is 3. The normalized spacial score (nSPS) is 17.1. The van der Waals surface area contributed by atoms with Gasteiger partial charge in [0.05, 0.1) is 19.8 Å². The van der Waals surface area contributed by atoms with Crippen LogP contribution in [0.3, 0.4) is 0 Å². The highest BCUT2D eigenvalue weighted by Crippen LogP contribution is 2.49. The van der Waals surface area contributed by atoms with Crippen LogP contribution in [0.25, 0.3) is 0 Å². The summed E-state index contributed by atoms with van der Waals surface area (Å²) in [6, 6.07) is 1.18. The van der Waals surface area contributed by atoms with E-state index in [0.29, 0.717) is 12.8 Å². The SMILES string of the molecule is COc1cc(C2(O)CC2)c(F)c(OC)c1F. The summed E-state index contributed by atoms with van der Waals surface area (Å²) in [5.41, 5.74) is -1.17. The molecule has 0 unspecified atom stereocenters. The second kappa shape index (κ2) is 3.59. The lowest BCUT2D eigenvalue weighted by atomic mass is 10.1. The van der Waals surface area contributed by atoms with Gasteiger partial charge in [0, 0.05) is 5.56 Å². The van der Waals surface area contributed by atoms with Crippen LogP contribution in [0.15, 0.2) is 6.07 Å². The Morgan fingerprint density at radius 1 is 1.19 bits per heavy atom. The molecule has 2 rings (SSSR count). The van der Waals surface area contributed by atoms with Crippen molar-refractivity contribution in [2.24, 2.45) is 0 Å². The second-order valence-electron chi connectivity index (χ2n) is 3.82. The highest BCUT2D eigenvalue weighted by atomic mass is 19.1. The van der Waals surface area contributed by atoms with Crippen molar-refractivity contribution in [3.8, 4) is 11.5 Å².